The molecule has 10 heavy (non-hydrogen) atoms. The van der Waals surface area contributed by atoms with E-state index in [0.717, 1.165) is 6.42 Å². The van der Waals surface area contributed by atoms with Crippen LogP contribution in [0.25, 0.3) is 0 Å². The molecule has 0 saturated heterocycles. The van der Waals surface area contributed by atoms with Gasteiger partial charge in [0.15, 0.2) is 0 Å². The second-order valence-electron chi connectivity index (χ2n) is 2.38. The maximum Gasteiger partial charge on any atom is -0.0313 e. The molecular weight excluding hydrogens is 120 g/mol. The van der Waals surface area contributed by atoms with Gasteiger partial charge in [-0.3, -0.25) is 0 Å². The van der Waals surface area contributed by atoms with Gasteiger partial charge >= 0.3 is 0 Å². The second kappa shape index (κ2) is 5.04. The van der Waals surface area contributed by atoms with Crippen molar-refractivity contribution in [2.45, 2.75) is 27.2 Å². The van der Waals surface area contributed by atoms with Crippen molar-refractivity contribution >= 4 is 0 Å². The molecule has 0 nitrogen and oxygen atoms in total. The van der Waals surface area contributed by atoms with Gasteiger partial charge in [0.1, 0.15) is 0 Å². The summed E-state index contributed by atoms with van der Waals surface area (Å²) in [5.41, 5.74) is 2.47. The highest BCUT2D eigenvalue weighted by atomic mass is 13.9. The second-order valence-corrected chi connectivity index (χ2v) is 2.38. The smallest absolute Gasteiger partial charge is 0.0313 e. The van der Waals surface area contributed by atoms with Crippen LogP contribution in [0.15, 0.2) is 36.0 Å². The molecule has 0 amide bonds. The van der Waals surface area contributed by atoms with Gasteiger partial charge in [-0.05, 0) is 20.3 Å². The van der Waals surface area contributed by atoms with Crippen LogP contribution in [0, 0.1) is 0 Å². The Balaban J connectivity index is 3.88. The Morgan fingerprint density at radius 1 is 1.40 bits per heavy atom. The quantitative estimate of drug-likeness (QED) is 0.521. The molecule has 0 unspecified atom stereocenters. The van der Waals surface area contributed by atoms with Gasteiger partial charge in [-0.25, -0.2) is 0 Å². The summed E-state index contributed by atoms with van der Waals surface area (Å²) in [5, 5.41) is 0. The fourth-order valence-corrected chi connectivity index (χ4v) is 0.463. The molecule has 0 rings (SSSR count). The summed E-state index contributed by atoms with van der Waals surface area (Å²) >= 11 is 0. The van der Waals surface area contributed by atoms with Crippen LogP contribution in [0.2, 0.25) is 0 Å². The van der Waals surface area contributed by atoms with Gasteiger partial charge in [-0.2, -0.15) is 0 Å². The molecule has 0 fully saturated rings. The van der Waals surface area contributed by atoms with Crippen LogP contribution < -0.4 is 0 Å². The fraction of sp³-hybridized carbons (Fsp3) is 0.400. The van der Waals surface area contributed by atoms with Crippen molar-refractivity contribution in [3.63, 3.8) is 0 Å². The van der Waals surface area contributed by atoms with Crippen LogP contribution >= 0.6 is 0 Å². The van der Waals surface area contributed by atoms with E-state index in [1.54, 1.807) is 0 Å². The van der Waals surface area contributed by atoms with E-state index in [9.17, 15) is 0 Å². The lowest BCUT2D eigenvalue weighted by Crippen LogP contribution is -1.70. The lowest BCUT2D eigenvalue weighted by atomic mass is 10.2. The van der Waals surface area contributed by atoms with Gasteiger partial charge in [0.25, 0.3) is 0 Å². The molecule has 0 aromatic heterocycles. The molecule has 0 N–H and O–H groups in total. The third-order valence-electron chi connectivity index (χ3n) is 1.49. The molecule has 0 aliphatic heterocycles. The van der Waals surface area contributed by atoms with Crippen LogP contribution in [-0.4, -0.2) is 0 Å². The summed E-state index contributed by atoms with van der Waals surface area (Å²) in [7, 11) is 0. The topological polar surface area (TPSA) is 0 Å². The van der Waals surface area contributed by atoms with Crippen LogP contribution in [0.1, 0.15) is 27.2 Å². The molecule has 0 spiro atoms. The van der Waals surface area contributed by atoms with Gasteiger partial charge < -0.3 is 0 Å². The van der Waals surface area contributed by atoms with Gasteiger partial charge in [0, 0.05) is 0 Å². The molecule has 0 radical (unpaired) electrons. The highest BCUT2D eigenvalue weighted by molar-refractivity contribution is 5.23. The Bertz CT molecular complexity index is 159. The summed E-state index contributed by atoms with van der Waals surface area (Å²) in [6.45, 7) is 10.1. The summed E-state index contributed by atoms with van der Waals surface area (Å²) in [4.78, 5) is 0. The van der Waals surface area contributed by atoms with Crippen LogP contribution in [-0.2, 0) is 0 Å². The molecule has 0 aromatic rings. The van der Waals surface area contributed by atoms with Crippen LogP contribution in [0.5, 0.6) is 0 Å². The Labute approximate surface area is 64.0 Å². The van der Waals surface area contributed by atoms with Crippen molar-refractivity contribution in [2.75, 3.05) is 0 Å². The normalized spacial score (nSPS) is 12.5. The molecule has 0 aliphatic rings. The Hall–Kier alpha value is -0.780. The molecule has 0 heteroatoms. The molecular formula is C10H16. The Morgan fingerprint density at radius 2 is 2.00 bits per heavy atom. The summed E-state index contributed by atoms with van der Waals surface area (Å²) in [6.07, 6.45) is 7.27. The van der Waals surface area contributed by atoms with Crippen molar-refractivity contribution in [2.24, 2.45) is 0 Å². The SMILES string of the molecule is C=C(/C=C\C(C)=C/C)CC. The highest BCUT2D eigenvalue weighted by Crippen LogP contribution is 2.01. The number of hydrogen-bond acceptors (Lipinski definition) is 0. The largest absolute Gasteiger partial charge is 0.0958 e. The standard InChI is InChI=1S/C10H16/c1-5-9(3)7-8-10(4)6-2/h6-8H,3,5H2,1-2,4H3/b8-7-,10-6-. The number of rotatable bonds is 3. The average molecular weight is 136 g/mol. The number of allylic oxidation sites excluding steroid dienone is 5. The van der Waals surface area contributed by atoms with E-state index in [4.69, 9.17) is 0 Å². The number of hydrogen-bond donors (Lipinski definition) is 0. The van der Waals surface area contributed by atoms with Gasteiger partial charge in [0.2, 0.25) is 0 Å². The fourth-order valence-electron chi connectivity index (χ4n) is 0.463. The zero-order valence-corrected chi connectivity index (χ0v) is 7.15. The molecule has 0 aliphatic carbocycles. The molecule has 0 saturated carbocycles. The van der Waals surface area contributed by atoms with E-state index in [1.165, 1.54) is 11.1 Å². The Kier molecular flexibility index (Phi) is 4.65. The first-order chi connectivity index (χ1) is 4.70. The summed E-state index contributed by atoms with van der Waals surface area (Å²) in [6, 6.07) is 0. The highest BCUT2D eigenvalue weighted by Gasteiger charge is 1.80. The third kappa shape index (κ3) is 4.13. The summed E-state index contributed by atoms with van der Waals surface area (Å²) < 4.78 is 0. The molecule has 0 heterocycles. The van der Waals surface area contributed by atoms with Gasteiger partial charge in [-0.1, -0.05) is 42.9 Å². The van der Waals surface area contributed by atoms with Crippen molar-refractivity contribution in [3.05, 3.63) is 36.0 Å². The predicted octanol–water partition coefficient (Wildman–Crippen LogP) is 3.48. The zero-order chi connectivity index (χ0) is 7.98. The maximum atomic E-state index is 3.87. The van der Waals surface area contributed by atoms with E-state index in [1.807, 2.05) is 6.92 Å². The van der Waals surface area contributed by atoms with E-state index in [2.05, 4.69) is 38.7 Å². The van der Waals surface area contributed by atoms with Crippen LogP contribution in [0.3, 0.4) is 0 Å². The van der Waals surface area contributed by atoms with E-state index in [0.29, 0.717) is 0 Å². The average Bonchev–Trinajstić information content (AvgIpc) is 1.99. The maximum absolute atomic E-state index is 3.87. The lowest BCUT2D eigenvalue weighted by Gasteiger charge is -1.91. The first-order valence-electron chi connectivity index (χ1n) is 3.69. The molecule has 0 aromatic carbocycles. The van der Waals surface area contributed by atoms with Crippen molar-refractivity contribution < 1.29 is 0 Å². The monoisotopic (exact) mass is 136 g/mol. The van der Waals surface area contributed by atoms with Crippen molar-refractivity contribution in [1.82, 2.24) is 0 Å². The Morgan fingerprint density at radius 3 is 2.40 bits per heavy atom. The minimum atomic E-state index is 1.04. The predicted molar refractivity (Wildman–Crippen MR) is 48.0 cm³/mol. The first kappa shape index (κ1) is 9.22. The van der Waals surface area contributed by atoms with Gasteiger partial charge in [-0.15, -0.1) is 0 Å². The molecule has 0 atom stereocenters. The van der Waals surface area contributed by atoms with E-state index >= 15 is 0 Å². The molecule has 56 valence electrons. The minimum Gasteiger partial charge on any atom is -0.0958 e. The summed E-state index contributed by atoms with van der Waals surface area (Å²) in [5.74, 6) is 0. The van der Waals surface area contributed by atoms with Crippen molar-refractivity contribution in [3.8, 4) is 0 Å². The first-order valence-corrected chi connectivity index (χ1v) is 3.69. The van der Waals surface area contributed by atoms with E-state index in [-0.39, 0.29) is 0 Å². The van der Waals surface area contributed by atoms with Gasteiger partial charge in [0.05, 0.1) is 0 Å². The third-order valence-corrected chi connectivity index (χ3v) is 1.49. The molecule has 0 bridgehead atoms. The lowest BCUT2D eigenvalue weighted by molar-refractivity contribution is 1.16. The minimum absolute atomic E-state index is 1.04. The van der Waals surface area contributed by atoms with Crippen molar-refractivity contribution in [1.29, 1.82) is 0 Å². The van der Waals surface area contributed by atoms with Crippen LogP contribution in [0.4, 0.5) is 0 Å². The zero-order valence-electron chi connectivity index (χ0n) is 7.15. The van der Waals surface area contributed by atoms with E-state index < -0.39 is 0 Å².